The van der Waals surface area contributed by atoms with Crippen LogP contribution in [0, 0.1) is 12.8 Å². The molecule has 0 saturated heterocycles. The summed E-state index contributed by atoms with van der Waals surface area (Å²) < 4.78 is 5.75. The molecule has 4 rings (SSSR count). The van der Waals surface area contributed by atoms with Crippen molar-refractivity contribution >= 4 is 5.57 Å². The molecule has 0 spiro atoms. The van der Waals surface area contributed by atoms with Gasteiger partial charge in [-0.1, -0.05) is 74.9 Å². The third-order valence-corrected chi connectivity index (χ3v) is 5.52. The summed E-state index contributed by atoms with van der Waals surface area (Å²) in [5, 5.41) is 0. The summed E-state index contributed by atoms with van der Waals surface area (Å²) in [6, 6.07) is 17.5. The standard InChI is InChI=1S/C27H28O.C2H6/c1-4-21-13-15-23(25(18-21)20(3)7-5-8-22-11-12-22)24-14-10-19(2)17-26(24)27-9-6-16-28-27;1-2/h5-10,13-18,22H,4,11-12H2,1-3H3;1-2H3/b8-5-,20-7+;. The van der Waals surface area contributed by atoms with Crippen molar-refractivity contribution in [3.8, 4) is 22.5 Å². The van der Waals surface area contributed by atoms with Crippen molar-refractivity contribution in [1.29, 1.82) is 0 Å². The summed E-state index contributed by atoms with van der Waals surface area (Å²) >= 11 is 0. The average Bonchev–Trinajstić information content (AvgIpc) is 3.44. The van der Waals surface area contributed by atoms with E-state index in [1.807, 2.05) is 26.0 Å². The van der Waals surface area contributed by atoms with E-state index in [0.717, 1.165) is 23.7 Å². The highest BCUT2D eigenvalue weighted by Crippen LogP contribution is 2.38. The van der Waals surface area contributed by atoms with Gasteiger partial charge in [-0.25, -0.2) is 0 Å². The molecule has 156 valence electrons. The first kappa shape index (κ1) is 21.9. The SMILES string of the molecule is CC.CCc1ccc(-c2ccc(C)cc2-c2ccco2)c(/C(C)=C/C=C\C2CC2)c1. The van der Waals surface area contributed by atoms with Crippen molar-refractivity contribution in [3.63, 3.8) is 0 Å². The number of benzene rings is 2. The Kier molecular flexibility index (Phi) is 7.52. The van der Waals surface area contributed by atoms with Gasteiger partial charge in [0.05, 0.1) is 6.26 Å². The molecular formula is C29H34O. The van der Waals surface area contributed by atoms with E-state index in [2.05, 4.69) is 75.4 Å². The van der Waals surface area contributed by atoms with E-state index in [1.165, 1.54) is 46.2 Å². The maximum absolute atomic E-state index is 5.75. The first-order chi connectivity index (χ1) is 14.7. The van der Waals surface area contributed by atoms with Crippen molar-refractivity contribution in [1.82, 2.24) is 0 Å². The lowest BCUT2D eigenvalue weighted by molar-refractivity contribution is 0.582. The molecule has 0 unspecified atom stereocenters. The van der Waals surface area contributed by atoms with Gasteiger partial charge in [0.2, 0.25) is 0 Å². The summed E-state index contributed by atoms with van der Waals surface area (Å²) in [5.74, 6) is 1.72. The molecule has 1 heteroatoms. The summed E-state index contributed by atoms with van der Waals surface area (Å²) in [4.78, 5) is 0. The lowest BCUT2D eigenvalue weighted by Gasteiger charge is -2.16. The second-order valence-electron chi connectivity index (χ2n) is 7.83. The van der Waals surface area contributed by atoms with Gasteiger partial charge in [-0.05, 0) is 85.1 Å². The minimum atomic E-state index is 0.799. The van der Waals surface area contributed by atoms with Crippen LogP contribution >= 0.6 is 0 Å². The number of allylic oxidation sites excluding steroid dienone is 4. The van der Waals surface area contributed by atoms with Gasteiger partial charge in [0.1, 0.15) is 5.76 Å². The van der Waals surface area contributed by atoms with E-state index in [9.17, 15) is 0 Å². The maximum Gasteiger partial charge on any atom is 0.134 e. The van der Waals surface area contributed by atoms with E-state index in [0.29, 0.717) is 0 Å². The minimum Gasteiger partial charge on any atom is -0.464 e. The van der Waals surface area contributed by atoms with Gasteiger partial charge < -0.3 is 4.42 Å². The van der Waals surface area contributed by atoms with Crippen molar-refractivity contribution in [2.24, 2.45) is 5.92 Å². The van der Waals surface area contributed by atoms with Crippen LogP contribution in [0.3, 0.4) is 0 Å². The van der Waals surface area contributed by atoms with Crippen LogP contribution in [-0.4, -0.2) is 0 Å². The first-order valence-electron chi connectivity index (χ1n) is 11.3. The lowest BCUT2D eigenvalue weighted by Crippen LogP contribution is -1.93. The molecule has 0 atom stereocenters. The maximum atomic E-state index is 5.75. The fourth-order valence-corrected chi connectivity index (χ4v) is 3.64. The number of hydrogen-bond donors (Lipinski definition) is 0. The van der Waals surface area contributed by atoms with Crippen LogP contribution in [0.25, 0.3) is 28.0 Å². The van der Waals surface area contributed by atoms with Crippen molar-refractivity contribution in [2.75, 3.05) is 0 Å². The zero-order valence-electron chi connectivity index (χ0n) is 19.0. The Bertz CT molecular complexity index is 1010. The van der Waals surface area contributed by atoms with E-state index < -0.39 is 0 Å². The molecule has 0 aliphatic heterocycles. The van der Waals surface area contributed by atoms with Gasteiger partial charge in [-0.15, -0.1) is 0 Å². The van der Waals surface area contributed by atoms with Crippen LogP contribution in [0.5, 0.6) is 0 Å². The normalized spacial score (nSPS) is 14.0. The van der Waals surface area contributed by atoms with Gasteiger partial charge in [0.25, 0.3) is 0 Å². The highest BCUT2D eigenvalue weighted by atomic mass is 16.3. The van der Waals surface area contributed by atoms with Crippen LogP contribution in [0.1, 0.15) is 57.2 Å². The molecule has 0 radical (unpaired) electrons. The predicted molar refractivity (Wildman–Crippen MR) is 131 cm³/mol. The summed E-state index contributed by atoms with van der Waals surface area (Å²) in [7, 11) is 0. The molecule has 0 bridgehead atoms. The highest BCUT2D eigenvalue weighted by molar-refractivity contribution is 5.89. The Labute approximate surface area is 182 Å². The van der Waals surface area contributed by atoms with E-state index in [1.54, 1.807) is 6.26 Å². The topological polar surface area (TPSA) is 13.1 Å². The van der Waals surface area contributed by atoms with Crippen LogP contribution in [0.2, 0.25) is 0 Å². The molecule has 1 nitrogen and oxygen atoms in total. The first-order valence-corrected chi connectivity index (χ1v) is 11.3. The molecule has 0 N–H and O–H groups in total. The van der Waals surface area contributed by atoms with Gasteiger partial charge in [-0.2, -0.15) is 0 Å². The number of aryl methyl sites for hydroxylation is 2. The molecule has 1 saturated carbocycles. The van der Waals surface area contributed by atoms with Gasteiger partial charge in [-0.3, -0.25) is 0 Å². The number of rotatable bonds is 6. The largest absolute Gasteiger partial charge is 0.464 e. The molecule has 0 amide bonds. The molecule has 3 aromatic rings. The van der Waals surface area contributed by atoms with Crippen molar-refractivity contribution in [2.45, 2.75) is 53.9 Å². The summed E-state index contributed by atoms with van der Waals surface area (Å²) in [5.41, 5.74) is 8.83. The Hall–Kier alpha value is -2.80. The monoisotopic (exact) mass is 398 g/mol. The second-order valence-corrected chi connectivity index (χ2v) is 7.83. The van der Waals surface area contributed by atoms with Crippen molar-refractivity contribution in [3.05, 3.63) is 89.7 Å². The highest BCUT2D eigenvalue weighted by Gasteiger charge is 2.17. The van der Waals surface area contributed by atoms with Gasteiger partial charge in [0.15, 0.2) is 0 Å². The summed E-state index contributed by atoms with van der Waals surface area (Å²) in [6.45, 7) is 10.6. The predicted octanol–water partition coefficient (Wildman–Crippen LogP) is 8.88. The van der Waals surface area contributed by atoms with Crippen LogP contribution in [0.15, 0.2) is 77.4 Å². The zero-order chi connectivity index (χ0) is 21.5. The van der Waals surface area contributed by atoms with Crippen molar-refractivity contribution < 1.29 is 4.42 Å². The third-order valence-electron chi connectivity index (χ3n) is 5.52. The Balaban J connectivity index is 0.00000124. The van der Waals surface area contributed by atoms with Crippen LogP contribution < -0.4 is 0 Å². The van der Waals surface area contributed by atoms with Gasteiger partial charge in [0, 0.05) is 5.56 Å². The smallest absolute Gasteiger partial charge is 0.134 e. The summed E-state index contributed by atoms with van der Waals surface area (Å²) in [6.07, 6.45) is 12.3. The fourth-order valence-electron chi connectivity index (χ4n) is 3.64. The van der Waals surface area contributed by atoms with E-state index in [4.69, 9.17) is 4.42 Å². The molecular weight excluding hydrogens is 364 g/mol. The zero-order valence-corrected chi connectivity index (χ0v) is 19.0. The quantitative estimate of drug-likeness (QED) is 0.378. The average molecular weight is 399 g/mol. The molecule has 1 heterocycles. The third kappa shape index (κ3) is 5.21. The lowest BCUT2D eigenvalue weighted by atomic mass is 9.89. The Morgan fingerprint density at radius 1 is 1.00 bits per heavy atom. The van der Waals surface area contributed by atoms with Crippen LogP contribution in [-0.2, 0) is 6.42 Å². The molecule has 1 aliphatic carbocycles. The molecule has 30 heavy (non-hydrogen) atoms. The molecule has 1 aromatic heterocycles. The minimum absolute atomic E-state index is 0.799. The molecule has 2 aromatic carbocycles. The number of hydrogen-bond acceptors (Lipinski definition) is 1. The van der Waals surface area contributed by atoms with Gasteiger partial charge >= 0.3 is 0 Å². The number of furan rings is 1. The Morgan fingerprint density at radius 3 is 2.43 bits per heavy atom. The van der Waals surface area contributed by atoms with E-state index >= 15 is 0 Å². The van der Waals surface area contributed by atoms with Crippen LogP contribution in [0.4, 0.5) is 0 Å². The molecule has 1 fully saturated rings. The van der Waals surface area contributed by atoms with E-state index in [-0.39, 0.29) is 0 Å². The second kappa shape index (κ2) is 10.3. The fraction of sp³-hybridized carbons (Fsp3) is 0.310. The Morgan fingerprint density at radius 2 is 1.77 bits per heavy atom. The molecule has 1 aliphatic rings.